The van der Waals surface area contributed by atoms with Crippen LogP contribution in [0.5, 0.6) is 0 Å². The average Bonchev–Trinajstić information content (AvgIpc) is 2.57. The molecule has 0 saturated heterocycles. The highest BCUT2D eigenvalue weighted by atomic mass is 14.4. The van der Waals surface area contributed by atoms with E-state index in [2.05, 4.69) is 83.1 Å². The predicted octanol–water partition coefficient (Wildman–Crippen LogP) is 8.68. The second-order valence-electron chi connectivity index (χ2n) is 11.0. The van der Waals surface area contributed by atoms with Crippen LogP contribution < -0.4 is 0 Å². The van der Waals surface area contributed by atoms with Gasteiger partial charge in [-0.05, 0) is 110 Å². The summed E-state index contributed by atoms with van der Waals surface area (Å²) in [7, 11) is 0. The Kier molecular flexibility index (Phi) is 8.22. The van der Waals surface area contributed by atoms with E-state index < -0.39 is 0 Å². The molecular formula is C27H48. The second kappa shape index (κ2) is 9.15. The third-order valence-electron chi connectivity index (χ3n) is 8.59. The highest BCUT2D eigenvalue weighted by Crippen LogP contribution is 2.46. The lowest BCUT2D eigenvalue weighted by atomic mass is 9.62. The van der Waals surface area contributed by atoms with Gasteiger partial charge in [-0.2, -0.15) is 0 Å². The van der Waals surface area contributed by atoms with Gasteiger partial charge in [0.25, 0.3) is 0 Å². The van der Waals surface area contributed by atoms with E-state index in [9.17, 15) is 0 Å². The van der Waals surface area contributed by atoms with E-state index in [0.29, 0.717) is 10.8 Å². The van der Waals surface area contributed by atoms with E-state index >= 15 is 0 Å². The molecule has 0 heteroatoms. The molecule has 0 bridgehead atoms. The molecule has 0 spiro atoms. The Morgan fingerprint density at radius 2 is 1.04 bits per heavy atom. The van der Waals surface area contributed by atoms with Crippen LogP contribution in [0.15, 0.2) is 0 Å². The summed E-state index contributed by atoms with van der Waals surface area (Å²) in [5.41, 5.74) is 9.84. The zero-order valence-electron chi connectivity index (χ0n) is 20.7. The summed E-state index contributed by atoms with van der Waals surface area (Å²) in [5, 5.41) is 0. The average molecular weight is 373 g/mol. The summed E-state index contributed by atoms with van der Waals surface area (Å²) < 4.78 is 0. The molecule has 0 aliphatic carbocycles. The minimum atomic E-state index is 0.347. The zero-order valence-corrected chi connectivity index (χ0v) is 20.7. The third-order valence-corrected chi connectivity index (χ3v) is 8.59. The van der Waals surface area contributed by atoms with Gasteiger partial charge in [0.2, 0.25) is 0 Å². The maximum absolute atomic E-state index is 2.50. The van der Waals surface area contributed by atoms with Gasteiger partial charge >= 0.3 is 0 Å². The molecular weight excluding hydrogens is 324 g/mol. The molecule has 0 radical (unpaired) electrons. The Morgan fingerprint density at radius 1 is 0.630 bits per heavy atom. The van der Waals surface area contributed by atoms with E-state index in [0.717, 1.165) is 11.8 Å². The van der Waals surface area contributed by atoms with Crippen molar-refractivity contribution < 1.29 is 0 Å². The van der Waals surface area contributed by atoms with Gasteiger partial charge in [0.1, 0.15) is 0 Å². The molecule has 1 aromatic rings. The van der Waals surface area contributed by atoms with Crippen molar-refractivity contribution in [3.8, 4) is 0 Å². The molecule has 0 aliphatic rings. The Hall–Kier alpha value is -0.780. The summed E-state index contributed by atoms with van der Waals surface area (Å²) in [5.74, 6) is 1.65. The van der Waals surface area contributed by atoms with Crippen LogP contribution in [0.2, 0.25) is 0 Å². The predicted molar refractivity (Wildman–Crippen MR) is 124 cm³/mol. The smallest absolute Gasteiger partial charge is 0.0268 e. The minimum Gasteiger partial charge on any atom is -0.0625 e. The fourth-order valence-corrected chi connectivity index (χ4v) is 4.27. The molecule has 1 aromatic carbocycles. The number of rotatable bonds is 9. The van der Waals surface area contributed by atoms with E-state index in [1.165, 1.54) is 59.9 Å². The second-order valence-corrected chi connectivity index (χ2v) is 11.0. The molecule has 0 aromatic heterocycles. The molecule has 156 valence electrons. The van der Waals surface area contributed by atoms with E-state index in [-0.39, 0.29) is 0 Å². The van der Waals surface area contributed by atoms with Crippen LogP contribution in [-0.4, -0.2) is 0 Å². The largest absolute Gasteiger partial charge is 0.0625 e. The highest BCUT2D eigenvalue weighted by Gasteiger charge is 2.36. The molecule has 0 aliphatic heterocycles. The maximum atomic E-state index is 2.50. The molecule has 1 rings (SSSR count). The first-order valence-electron chi connectivity index (χ1n) is 11.3. The highest BCUT2D eigenvalue weighted by molar-refractivity contribution is 5.49. The van der Waals surface area contributed by atoms with Crippen molar-refractivity contribution >= 4 is 0 Å². The molecule has 1 atom stereocenters. The van der Waals surface area contributed by atoms with Crippen molar-refractivity contribution in [1.29, 1.82) is 0 Å². The first kappa shape index (κ1) is 24.3. The molecule has 0 amide bonds. The number of benzene rings is 1. The Labute approximate surface area is 171 Å². The van der Waals surface area contributed by atoms with Gasteiger partial charge in [-0.25, -0.2) is 0 Å². The van der Waals surface area contributed by atoms with Gasteiger partial charge < -0.3 is 0 Å². The first-order chi connectivity index (χ1) is 12.2. The van der Waals surface area contributed by atoms with Crippen molar-refractivity contribution in [3.63, 3.8) is 0 Å². The van der Waals surface area contributed by atoms with Gasteiger partial charge in [-0.1, -0.05) is 61.3 Å². The molecule has 0 nitrogen and oxygen atoms in total. The van der Waals surface area contributed by atoms with E-state index in [1.54, 1.807) is 5.56 Å². The maximum Gasteiger partial charge on any atom is -0.0268 e. The van der Waals surface area contributed by atoms with E-state index in [1.807, 2.05) is 0 Å². The van der Waals surface area contributed by atoms with Gasteiger partial charge in [0.05, 0.1) is 0 Å². The van der Waals surface area contributed by atoms with Crippen molar-refractivity contribution in [2.75, 3.05) is 0 Å². The van der Waals surface area contributed by atoms with E-state index in [4.69, 9.17) is 0 Å². The standard InChI is InChI=1S/C27H48/c1-18(2)19(3)14-13-16-26(9,10)27(11,12)17-15-25-23(7)21(5)20(4)22(6)24(25)8/h18-19H,13-17H2,1-12H3. The Bertz CT molecular complexity index is 599. The van der Waals surface area contributed by atoms with Gasteiger partial charge in [0, 0.05) is 0 Å². The van der Waals surface area contributed by atoms with Crippen molar-refractivity contribution in [3.05, 3.63) is 33.4 Å². The lowest BCUT2D eigenvalue weighted by Crippen LogP contribution is -2.33. The van der Waals surface area contributed by atoms with Crippen LogP contribution in [0.3, 0.4) is 0 Å². The Morgan fingerprint density at radius 3 is 1.48 bits per heavy atom. The Balaban J connectivity index is 2.86. The van der Waals surface area contributed by atoms with Crippen LogP contribution in [0.4, 0.5) is 0 Å². The monoisotopic (exact) mass is 372 g/mol. The SMILES string of the molecule is Cc1c(C)c(C)c(CCC(C)(C)C(C)(C)CCCC(C)C(C)C)c(C)c1C. The van der Waals surface area contributed by atoms with Gasteiger partial charge in [-0.3, -0.25) is 0 Å². The topological polar surface area (TPSA) is 0 Å². The lowest BCUT2D eigenvalue weighted by Gasteiger charge is -2.43. The fourth-order valence-electron chi connectivity index (χ4n) is 4.27. The van der Waals surface area contributed by atoms with Crippen LogP contribution in [0.25, 0.3) is 0 Å². The van der Waals surface area contributed by atoms with Gasteiger partial charge in [-0.15, -0.1) is 0 Å². The fraction of sp³-hybridized carbons (Fsp3) is 0.778. The number of hydrogen-bond donors (Lipinski definition) is 0. The summed E-state index contributed by atoms with van der Waals surface area (Å²) in [6.07, 6.45) is 6.53. The number of hydrogen-bond acceptors (Lipinski definition) is 0. The minimum absolute atomic E-state index is 0.347. The summed E-state index contributed by atoms with van der Waals surface area (Å²) in [6, 6.07) is 0. The summed E-state index contributed by atoms with van der Waals surface area (Å²) in [4.78, 5) is 0. The molecule has 0 saturated carbocycles. The molecule has 0 N–H and O–H groups in total. The molecule has 0 heterocycles. The molecule has 0 fully saturated rings. The summed E-state index contributed by atoms with van der Waals surface area (Å²) in [6.45, 7) is 28.6. The van der Waals surface area contributed by atoms with Crippen molar-refractivity contribution in [2.45, 2.75) is 115 Å². The van der Waals surface area contributed by atoms with Crippen LogP contribution in [-0.2, 0) is 6.42 Å². The lowest BCUT2D eigenvalue weighted by molar-refractivity contribution is 0.0829. The van der Waals surface area contributed by atoms with Gasteiger partial charge in [0.15, 0.2) is 0 Å². The third kappa shape index (κ3) is 5.61. The van der Waals surface area contributed by atoms with Crippen LogP contribution >= 0.6 is 0 Å². The first-order valence-corrected chi connectivity index (χ1v) is 11.3. The molecule has 1 unspecified atom stereocenters. The zero-order chi connectivity index (χ0) is 21.2. The van der Waals surface area contributed by atoms with Crippen LogP contribution in [0.1, 0.15) is 108 Å². The van der Waals surface area contributed by atoms with Crippen LogP contribution in [0, 0.1) is 57.3 Å². The van der Waals surface area contributed by atoms with Crippen molar-refractivity contribution in [1.82, 2.24) is 0 Å². The normalized spacial score (nSPS) is 14.1. The molecule has 27 heavy (non-hydrogen) atoms. The van der Waals surface area contributed by atoms with Crippen molar-refractivity contribution in [2.24, 2.45) is 22.7 Å². The quantitative estimate of drug-likeness (QED) is 0.406. The summed E-state index contributed by atoms with van der Waals surface area (Å²) >= 11 is 0.